The summed E-state index contributed by atoms with van der Waals surface area (Å²) in [6.45, 7) is 0. The number of nitrogens with two attached hydrogens (primary N) is 1. The van der Waals surface area contributed by atoms with Crippen LogP contribution in [0.3, 0.4) is 0 Å². The number of nitrogens with one attached hydrogen (secondary N) is 2. The Balaban J connectivity index is 1.62. The topological polar surface area (TPSA) is 90.8 Å². The van der Waals surface area contributed by atoms with E-state index in [9.17, 15) is 14.0 Å². The van der Waals surface area contributed by atoms with Gasteiger partial charge in [-0.05, 0) is 48.4 Å². The molecule has 1 atom stereocenters. The Morgan fingerprint density at radius 1 is 1.06 bits per heavy atom. The Hall–Kier alpha value is -4.01. The number of imidazole rings is 1. The van der Waals surface area contributed by atoms with Crippen molar-refractivity contribution in [1.82, 2.24) is 9.97 Å². The first-order valence-corrected chi connectivity index (χ1v) is 11.2. The van der Waals surface area contributed by atoms with Crippen LogP contribution in [-0.2, 0) is 6.42 Å². The van der Waals surface area contributed by atoms with Gasteiger partial charge in [-0.2, -0.15) is 0 Å². The summed E-state index contributed by atoms with van der Waals surface area (Å²) in [4.78, 5) is 7.83. The molecule has 0 saturated carbocycles. The van der Waals surface area contributed by atoms with E-state index in [1.807, 2.05) is 30.3 Å². The Labute approximate surface area is 204 Å². The molecule has 3 aromatic carbocycles. The van der Waals surface area contributed by atoms with Crippen molar-refractivity contribution in [3.05, 3.63) is 113 Å². The normalized spacial score (nSPS) is 12.1. The van der Waals surface area contributed by atoms with Gasteiger partial charge in [0.2, 0.25) is 11.9 Å². The highest BCUT2D eigenvalue weighted by Crippen LogP contribution is 2.35. The summed E-state index contributed by atoms with van der Waals surface area (Å²) in [5, 5.41) is 10.9. The van der Waals surface area contributed by atoms with E-state index in [1.165, 1.54) is 24.4 Å². The Bertz CT molecular complexity index is 1520. The van der Waals surface area contributed by atoms with Gasteiger partial charge >= 0.3 is 0 Å². The van der Waals surface area contributed by atoms with E-state index in [1.54, 1.807) is 24.3 Å². The van der Waals surface area contributed by atoms with Gasteiger partial charge in [-0.15, -0.1) is 0 Å². The highest BCUT2D eigenvalue weighted by atomic mass is 35.5. The number of nitrogens with zero attached hydrogens (tertiary/aromatic N) is 2. The molecule has 2 heterocycles. The summed E-state index contributed by atoms with van der Waals surface area (Å²) in [6.07, 6.45) is 1.90. The van der Waals surface area contributed by atoms with E-state index < -0.39 is 11.7 Å². The second-order valence-electron chi connectivity index (χ2n) is 8.14. The first-order chi connectivity index (χ1) is 16.9. The maximum Gasteiger partial charge on any atom is 0.245 e. The van der Waals surface area contributed by atoms with Crippen LogP contribution in [0.25, 0.3) is 22.2 Å². The monoisotopic (exact) mass is 492 g/mol. The first kappa shape index (κ1) is 22.8. The third-order valence-electron chi connectivity index (χ3n) is 5.93. The predicted octanol–water partition coefficient (Wildman–Crippen LogP) is 5.35. The van der Waals surface area contributed by atoms with Crippen molar-refractivity contribution in [1.29, 1.82) is 0 Å². The van der Waals surface area contributed by atoms with E-state index >= 15 is 0 Å². The number of pyridine rings is 1. The van der Waals surface area contributed by atoms with Gasteiger partial charge in [0, 0.05) is 16.4 Å². The lowest BCUT2D eigenvalue weighted by atomic mass is 9.94. The molecule has 2 aromatic heterocycles. The van der Waals surface area contributed by atoms with Crippen LogP contribution in [0.5, 0.6) is 0 Å². The quantitative estimate of drug-likeness (QED) is 0.111. The second kappa shape index (κ2) is 9.32. The summed E-state index contributed by atoms with van der Waals surface area (Å²) < 4.78 is 29.6. The zero-order valence-corrected chi connectivity index (χ0v) is 19.1. The lowest BCUT2D eigenvalue weighted by Crippen LogP contribution is -2.37. The third kappa shape index (κ3) is 4.41. The molecule has 0 fully saturated rings. The standard InChI is InChI=1S/C26H21ClF2N5O/c27-19-8-10-21(33-30)24(25(19)29)16-6-11-23(34(35)14-16)18(12-15-4-2-1-3-5-15)26-31-20-9-7-17(28)13-22(20)32-26/h1-11,13-14,18,33,35H,12,30H2,(H,31,32)/q+1/t18-/m1/s1. The first-order valence-electron chi connectivity index (χ1n) is 10.8. The largest absolute Gasteiger partial charge is 0.341 e. The van der Waals surface area contributed by atoms with Crippen LogP contribution in [0.15, 0.2) is 79.0 Å². The van der Waals surface area contributed by atoms with Gasteiger partial charge in [-0.1, -0.05) is 41.9 Å². The van der Waals surface area contributed by atoms with Crippen molar-refractivity contribution in [3.8, 4) is 11.1 Å². The number of nitrogen functional groups attached to an aromatic ring is 1. The fourth-order valence-corrected chi connectivity index (χ4v) is 4.39. The molecule has 0 spiro atoms. The smallest absolute Gasteiger partial charge is 0.245 e. The number of hydrogen-bond acceptors (Lipinski definition) is 4. The predicted molar refractivity (Wildman–Crippen MR) is 130 cm³/mol. The Kier molecular flexibility index (Phi) is 6.07. The second-order valence-corrected chi connectivity index (χ2v) is 8.55. The highest BCUT2D eigenvalue weighted by Gasteiger charge is 2.29. The maximum absolute atomic E-state index is 14.9. The molecule has 0 amide bonds. The number of H-pyrrole nitrogens is 1. The molecular formula is C26H21ClF2N5O+. The molecule has 0 unspecified atom stereocenters. The van der Waals surface area contributed by atoms with E-state index in [4.69, 9.17) is 17.4 Å². The van der Waals surface area contributed by atoms with Crippen molar-refractivity contribution in [3.63, 3.8) is 0 Å². The van der Waals surface area contributed by atoms with Crippen molar-refractivity contribution < 1.29 is 18.7 Å². The van der Waals surface area contributed by atoms with Crippen LogP contribution in [0.4, 0.5) is 14.5 Å². The summed E-state index contributed by atoms with van der Waals surface area (Å²) >= 11 is 5.98. The zero-order valence-electron chi connectivity index (χ0n) is 18.3. The number of hydrogen-bond donors (Lipinski definition) is 4. The fraction of sp³-hybridized carbons (Fsp3) is 0.0769. The van der Waals surface area contributed by atoms with Crippen LogP contribution < -0.4 is 16.0 Å². The molecule has 5 rings (SSSR count). The highest BCUT2D eigenvalue weighted by molar-refractivity contribution is 6.31. The van der Waals surface area contributed by atoms with Crippen LogP contribution >= 0.6 is 11.6 Å². The van der Waals surface area contributed by atoms with Crippen molar-refractivity contribution in [2.45, 2.75) is 12.3 Å². The number of hydrazine groups is 1. The Morgan fingerprint density at radius 2 is 1.86 bits per heavy atom. The van der Waals surface area contributed by atoms with Crippen LogP contribution in [0.1, 0.15) is 23.0 Å². The summed E-state index contributed by atoms with van der Waals surface area (Å²) in [5.74, 6) is 4.68. The van der Waals surface area contributed by atoms with Crippen molar-refractivity contribution in [2.24, 2.45) is 5.84 Å². The summed E-state index contributed by atoms with van der Waals surface area (Å²) in [7, 11) is 0. The number of aromatic nitrogens is 3. The van der Waals surface area contributed by atoms with E-state index in [2.05, 4.69) is 15.4 Å². The van der Waals surface area contributed by atoms with Gasteiger partial charge in [0.15, 0.2) is 5.82 Å². The molecule has 6 nitrogen and oxygen atoms in total. The summed E-state index contributed by atoms with van der Waals surface area (Å²) in [6, 6.07) is 20.4. The fourth-order valence-electron chi connectivity index (χ4n) is 4.24. The van der Waals surface area contributed by atoms with Gasteiger partial charge < -0.3 is 10.4 Å². The molecule has 9 heteroatoms. The van der Waals surface area contributed by atoms with Crippen molar-refractivity contribution in [2.75, 3.05) is 5.43 Å². The number of rotatable bonds is 6. The lowest BCUT2D eigenvalue weighted by molar-refractivity contribution is -0.909. The molecule has 0 aliphatic rings. The maximum atomic E-state index is 14.9. The molecule has 0 radical (unpaired) electrons. The average Bonchev–Trinajstić information content (AvgIpc) is 3.28. The molecule has 5 aromatic rings. The van der Waals surface area contributed by atoms with Crippen LogP contribution in [0.2, 0.25) is 5.02 Å². The van der Waals surface area contributed by atoms with E-state index in [-0.39, 0.29) is 16.4 Å². The zero-order chi connectivity index (χ0) is 24.5. The lowest BCUT2D eigenvalue weighted by Gasteiger charge is -2.14. The molecule has 5 N–H and O–H groups in total. The van der Waals surface area contributed by atoms with Gasteiger partial charge in [-0.25, -0.2) is 13.8 Å². The van der Waals surface area contributed by atoms with Crippen LogP contribution in [0, 0.1) is 11.6 Å². The number of fused-ring (bicyclic) bond motifs is 1. The van der Waals surface area contributed by atoms with Gasteiger partial charge in [-0.3, -0.25) is 11.0 Å². The molecular weight excluding hydrogens is 472 g/mol. The van der Waals surface area contributed by atoms with Gasteiger partial charge in [0.05, 0.1) is 27.3 Å². The molecule has 35 heavy (non-hydrogen) atoms. The van der Waals surface area contributed by atoms with Crippen molar-refractivity contribution >= 4 is 28.3 Å². The minimum Gasteiger partial charge on any atom is -0.341 e. The molecule has 176 valence electrons. The minimum atomic E-state index is -0.657. The summed E-state index contributed by atoms with van der Waals surface area (Å²) in [5.41, 5.74) is 5.97. The Morgan fingerprint density at radius 3 is 2.60 bits per heavy atom. The molecule has 0 aliphatic heterocycles. The van der Waals surface area contributed by atoms with Crippen LogP contribution in [-0.4, -0.2) is 15.2 Å². The minimum absolute atomic E-state index is 0.0657. The van der Waals surface area contributed by atoms with Gasteiger partial charge in [0.1, 0.15) is 17.6 Å². The number of benzene rings is 3. The van der Waals surface area contributed by atoms with E-state index in [0.29, 0.717) is 40.2 Å². The molecule has 0 bridgehead atoms. The third-order valence-corrected chi connectivity index (χ3v) is 6.22. The molecule has 0 saturated heterocycles. The SMILES string of the molecule is NNc1ccc(Cl)c(F)c1-c1ccc([C@@H](Cc2ccccc2)c2nc3ccc(F)cc3[nH]2)[n+](O)c1. The average molecular weight is 493 g/mol. The van der Waals surface area contributed by atoms with Gasteiger partial charge in [0.25, 0.3) is 0 Å². The number of aromatic amines is 1. The van der Waals surface area contributed by atoms with E-state index in [0.717, 1.165) is 10.3 Å². The molecule has 0 aliphatic carbocycles. The number of anilines is 1. The number of halogens is 3.